The van der Waals surface area contributed by atoms with Gasteiger partial charge in [-0.3, -0.25) is 14.6 Å². The second-order valence-electron chi connectivity index (χ2n) is 6.14. The minimum Gasteiger partial charge on any atom is -0.379 e. The number of carbonyl (C=O) groups is 2. The zero-order valence-corrected chi connectivity index (χ0v) is 14.0. The highest BCUT2D eigenvalue weighted by Crippen LogP contribution is 2.17. The molecule has 1 atom stereocenters. The molecule has 0 unspecified atom stereocenters. The third-order valence-electron chi connectivity index (χ3n) is 4.53. The van der Waals surface area contributed by atoms with E-state index in [4.69, 9.17) is 4.74 Å². The third-order valence-corrected chi connectivity index (χ3v) is 4.53. The van der Waals surface area contributed by atoms with E-state index in [1.165, 1.54) is 0 Å². The molecule has 24 heavy (non-hydrogen) atoms. The van der Waals surface area contributed by atoms with Gasteiger partial charge in [-0.1, -0.05) is 0 Å². The summed E-state index contributed by atoms with van der Waals surface area (Å²) in [6, 6.07) is 7.33. The van der Waals surface area contributed by atoms with Crippen LogP contribution in [0.5, 0.6) is 0 Å². The molecule has 7 nitrogen and oxygen atoms in total. The molecule has 0 aliphatic carbocycles. The molecule has 0 radical (unpaired) electrons. The van der Waals surface area contributed by atoms with Gasteiger partial charge in [-0.2, -0.15) is 0 Å². The van der Waals surface area contributed by atoms with Crippen LogP contribution in [0, 0.1) is 0 Å². The number of hydrogen-bond acceptors (Lipinski definition) is 4. The fourth-order valence-electron chi connectivity index (χ4n) is 3.00. The molecule has 0 aromatic heterocycles. The number of ether oxygens (including phenoxy) is 1. The second-order valence-corrected chi connectivity index (χ2v) is 6.14. The smallest absolute Gasteiger partial charge is 0.321 e. The molecule has 2 aliphatic rings. The number of urea groups is 1. The summed E-state index contributed by atoms with van der Waals surface area (Å²) in [6.45, 7) is 7.35. The Morgan fingerprint density at radius 2 is 1.96 bits per heavy atom. The zero-order chi connectivity index (χ0) is 16.9. The number of amides is 3. The van der Waals surface area contributed by atoms with Crippen LogP contribution in [0.1, 0.15) is 17.3 Å². The van der Waals surface area contributed by atoms with Gasteiger partial charge in [0.25, 0.3) is 5.91 Å². The van der Waals surface area contributed by atoms with Crippen LogP contribution in [0.25, 0.3) is 0 Å². The number of rotatable bonds is 5. The highest BCUT2D eigenvalue weighted by Gasteiger charge is 2.21. The van der Waals surface area contributed by atoms with Crippen LogP contribution in [0.2, 0.25) is 0 Å². The summed E-state index contributed by atoms with van der Waals surface area (Å²) in [6.07, 6.45) is 0. The van der Waals surface area contributed by atoms with Gasteiger partial charge in [0.2, 0.25) is 0 Å². The van der Waals surface area contributed by atoms with E-state index in [1.54, 1.807) is 17.0 Å². The Bertz CT molecular complexity index is 584. The highest BCUT2D eigenvalue weighted by atomic mass is 16.5. The summed E-state index contributed by atoms with van der Waals surface area (Å²) in [5.74, 6) is -0.0902. The van der Waals surface area contributed by atoms with E-state index in [2.05, 4.69) is 22.5 Å². The summed E-state index contributed by atoms with van der Waals surface area (Å²) in [4.78, 5) is 27.9. The van der Waals surface area contributed by atoms with Gasteiger partial charge >= 0.3 is 6.03 Å². The molecule has 3 rings (SSSR count). The number of anilines is 1. The highest BCUT2D eigenvalue weighted by molar-refractivity contribution is 5.97. The van der Waals surface area contributed by atoms with Crippen LogP contribution in [0.15, 0.2) is 24.3 Å². The summed E-state index contributed by atoms with van der Waals surface area (Å²) < 4.78 is 5.34. The maximum atomic E-state index is 12.3. The normalized spacial score (nSPS) is 19.9. The lowest BCUT2D eigenvalue weighted by Gasteiger charge is -2.32. The van der Waals surface area contributed by atoms with Gasteiger partial charge in [-0.05, 0) is 31.2 Å². The molecule has 0 saturated carbocycles. The topological polar surface area (TPSA) is 73.9 Å². The Balaban J connectivity index is 1.52. The fourth-order valence-corrected chi connectivity index (χ4v) is 3.00. The molecule has 0 bridgehead atoms. The molecule has 2 heterocycles. The van der Waals surface area contributed by atoms with Gasteiger partial charge in [-0.25, -0.2) is 4.79 Å². The van der Waals surface area contributed by atoms with Gasteiger partial charge in [0.15, 0.2) is 0 Å². The molecule has 7 heteroatoms. The predicted octanol–water partition coefficient (Wildman–Crippen LogP) is 0.667. The summed E-state index contributed by atoms with van der Waals surface area (Å²) in [7, 11) is 0. The number of nitrogens with one attached hydrogen (secondary N) is 2. The van der Waals surface area contributed by atoms with Crippen molar-refractivity contribution in [3.05, 3.63) is 29.8 Å². The molecule has 1 aromatic rings. The lowest BCUT2D eigenvalue weighted by Crippen LogP contribution is -2.47. The van der Waals surface area contributed by atoms with Crippen molar-refractivity contribution in [3.63, 3.8) is 0 Å². The monoisotopic (exact) mass is 332 g/mol. The van der Waals surface area contributed by atoms with E-state index in [1.807, 2.05) is 12.1 Å². The fraction of sp³-hybridized carbons (Fsp3) is 0.529. The Morgan fingerprint density at radius 1 is 1.25 bits per heavy atom. The standard InChI is InChI=1S/C17H24N4O3/c1-13(20-8-10-24-11-9-20)12-19-16(22)14-2-4-15(5-3-14)21-7-6-18-17(21)23/h2-5,13H,6-12H2,1H3,(H,18,23)(H,19,22)/t13-/m0/s1. The SMILES string of the molecule is C[C@@H](CNC(=O)c1ccc(N2CCNC2=O)cc1)N1CCOCC1. The van der Waals surface area contributed by atoms with Crippen molar-refractivity contribution < 1.29 is 14.3 Å². The van der Waals surface area contributed by atoms with E-state index in [9.17, 15) is 9.59 Å². The van der Waals surface area contributed by atoms with Gasteiger partial charge in [0.05, 0.1) is 13.2 Å². The first-order valence-corrected chi connectivity index (χ1v) is 8.40. The van der Waals surface area contributed by atoms with Crippen LogP contribution in [-0.4, -0.2) is 68.8 Å². The first kappa shape index (κ1) is 16.7. The molecule has 1 aromatic carbocycles. The number of hydrogen-bond donors (Lipinski definition) is 2. The number of benzene rings is 1. The molecule has 3 amide bonds. The van der Waals surface area contributed by atoms with E-state index >= 15 is 0 Å². The third kappa shape index (κ3) is 3.85. The predicted molar refractivity (Wildman–Crippen MR) is 91.4 cm³/mol. The molecule has 0 spiro atoms. The Kier molecular flexibility index (Phi) is 5.32. The molecule has 130 valence electrons. The van der Waals surface area contributed by atoms with Crippen molar-refractivity contribution >= 4 is 17.6 Å². The average molecular weight is 332 g/mol. The Hall–Kier alpha value is -2.12. The Morgan fingerprint density at radius 3 is 2.58 bits per heavy atom. The van der Waals surface area contributed by atoms with Gasteiger partial charge in [-0.15, -0.1) is 0 Å². The first-order valence-electron chi connectivity index (χ1n) is 8.40. The average Bonchev–Trinajstić information content (AvgIpc) is 3.06. The van der Waals surface area contributed by atoms with Crippen molar-refractivity contribution in [1.29, 1.82) is 0 Å². The van der Waals surface area contributed by atoms with Crippen molar-refractivity contribution in [2.45, 2.75) is 13.0 Å². The molecule has 2 N–H and O–H groups in total. The van der Waals surface area contributed by atoms with Gasteiger partial charge in [0.1, 0.15) is 0 Å². The largest absolute Gasteiger partial charge is 0.379 e. The number of nitrogens with zero attached hydrogens (tertiary/aromatic N) is 2. The summed E-state index contributed by atoms with van der Waals surface area (Å²) in [5.41, 5.74) is 1.41. The van der Waals surface area contributed by atoms with Gasteiger partial charge < -0.3 is 15.4 Å². The zero-order valence-electron chi connectivity index (χ0n) is 14.0. The lowest BCUT2D eigenvalue weighted by atomic mass is 10.1. The van der Waals surface area contributed by atoms with Crippen molar-refractivity contribution in [1.82, 2.24) is 15.5 Å². The van der Waals surface area contributed by atoms with E-state index in [0.29, 0.717) is 25.2 Å². The quantitative estimate of drug-likeness (QED) is 0.831. The maximum Gasteiger partial charge on any atom is 0.321 e. The molecular formula is C17H24N4O3. The minimum atomic E-state index is -0.0912. The van der Waals surface area contributed by atoms with Gasteiger partial charge in [0, 0.05) is 50.0 Å². The summed E-state index contributed by atoms with van der Waals surface area (Å²) in [5, 5.41) is 5.74. The number of morpholine rings is 1. The Labute approximate surface area is 141 Å². The summed E-state index contributed by atoms with van der Waals surface area (Å²) >= 11 is 0. The van der Waals surface area contributed by atoms with Crippen LogP contribution in [0.4, 0.5) is 10.5 Å². The number of carbonyl (C=O) groups excluding carboxylic acids is 2. The van der Waals surface area contributed by atoms with Crippen molar-refractivity contribution in [3.8, 4) is 0 Å². The van der Waals surface area contributed by atoms with E-state index in [0.717, 1.165) is 32.0 Å². The molecule has 2 saturated heterocycles. The molecular weight excluding hydrogens is 308 g/mol. The van der Waals surface area contributed by atoms with E-state index < -0.39 is 0 Å². The van der Waals surface area contributed by atoms with Crippen LogP contribution >= 0.6 is 0 Å². The first-order chi connectivity index (χ1) is 11.6. The second kappa shape index (κ2) is 7.63. The van der Waals surface area contributed by atoms with Crippen molar-refractivity contribution in [2.24, 2.45) is 0 Å². The van der Waals surface area contributed by atoms with Crippen molar-refractivity contribution in [2.75, 3.05) is 50.8 Å². The maximum absolute atomic E-state index is 12.3. The van der Waals surface area contributed by atoms with Crippen LogP contribution < -0.4 is 15.5 Å². The van der Waals surface area contributed by atoms with E-state index in [-0.39, 0.29) is 18.0 Å². The molecule has 2 fully saturated rings. The van der Waals surface area contributed by atoms with Crippen LogP contribution in [0.3, 0.4) is 0 Å². The molecule has 2 aliphatic heterocycles. The minimum absolute atomic E-state index is 0.0902. The van der Waals surface area contributed by atoms with Crippen LogP contribution in [-0.2, 0) is 4.74 Å². The lowest BCUT2D eigenvalue weighted by molar-refractivity contribution is 0.0204.